The van der Waals surface area contributed by atoms with E-state index >= 15 is 0 Å². The molecule has 0 radical (unpaired) electrons. The number of ether oxygens (including phenoxy) is 1. The molecule has 0 fully saturated rings. The van der Waals surface area contributed by atoms with E-state index in [9.17, 15) is 9.59 Å². The Morgan fingerprint density at radius 2 is 2.32 bits per heavy atom. The van der Waals surface area contributed by atoms with Crippen molar-refractivity contribution in [2.24, 2.45) is 7.05 Å². The lowest BCUT2D eigenvalue weighted by atomic mass is 10.3. The molecule has 2 aromatic heterocycles. The second-order valence-corrected chi connectivity index (χ2v) is 3.86. The van der Waals surface area contributed by atoms with Crippen LogP contribution in [0.3, 0.4) is 0 Å². The molecule has 0 aliphatic rings. The average Bonchev–Trinajstić information content (AvgIpc) is 2.74. The Morgan fingerprint density at radius 3 is 2.95 bits per heavy atom. The zero-order chi connectivity index (χ0) is 14.0. The van der Waals surface area contributed by atoms with Gasteiger partial charge in [0.25, 0.3) is 5.56 Å². The van der Waals surface area contributed by atoms with Crippen molar-refractivity contribution in [3.63, 3.8) is 0 Å². The van der Waals surface area contributed by atoms with E-state index in [4.69, 9.17) is 9.84 Å². The molecule has 1 atom stereocenters. The van der Waals surface area contributed by atoms with Crippen LogP contribution in [0.1, 0.15) is 6.92 Å². The molecular formula is C10H13N5O4. The highest BCUT2D eigenvalue weighted by Crippen LogP contribution is 2.02. The number of rotatable bonds is 5. The summed E-state index contributed by atoms with van der Waals surface area (Å²) in [4.78, 5) is 23.0. The number of hydrogen-bond donors (Lipinski definition) is 1. The first kappa shape index (κ1) is 13.1. The van der Waals surface area contributed by atoms with Gasteiger partial charge in [0.15, 0.2) is 11.8 Å². The summed E-state index contributed by atoms with van der Waals surface area (Å²) in [6.07, 6.45) is 0.241. The van der Waals surface area contributed by atoms with Crippen LogP contribution in [0.25, 0.3) is 11.0 Å². The smallest absolute Gasteiger partial charge is 0.334 e. The maximum Gasteiger partial charge on any atom is 0.334 e. The molecule has 0 aromatic carbocycles. The van der Waals surface area contributed by atoms with Crippen LogP contribution in [0.4, 0.5) is 0 Å². The highest BCUT2D eigenvalue weighted by atomic mass is 16.5. The molecule has 0 saturated heterocycles. The predicted molar refractivity (Wildman–Crippen MR) is 63.6 cm³/mol. The lowest BCUT2D eigenvalue weighted by molar-refractivity contribution is -0.151. The third kappa shape index (κ3) is 2.45. The molecule has 0 saturated carbocycles. The Kier molecular flexibility index (Phi) is 3.56. The van der Waals surface area contributed by atoms with Crippen LogP contribution in [0, 0.1) is 0 Å². The highest BCUT2D eigenvalue weighted by Gasteiger charge is 2.20. The molecule has 19 heavy (non-hydrogen) atoms. The molecule has 1 unspecified atom stereocenters. The third-order valence-electron chi connectivity index (χ3n) is 2.60. The van der Waals surface area contributed by atoms with Gasteiger partial charge in [-0.2, -0.15) is 5.10 Å². The maximum absolute atomic E-state index is 12.1. The lowest BCUT2D eigenvalue weighted by Gasteiger charge is -2.12. The number of aryl methyl sites for hydroxylation is 1. The van der Waals surface area contributed by atoms with Gasteiger partial charge in [-0.05, 0) is 6.92 Å². The van der Waals surface area contributed by atoms with Crippen molar-refractivity contribution < 1.29 is 14.6 Å². The van der Waals surface area contributed by atoms with Gasteiger partial charge in [-0.15, -0.1) is 5.10 Å². The van der Waals surface area contributed by atoms with Crippen LogP contribution < -0.4 is 5.56 Å². The molecule has 102 valence electrons. The molecule has 0 spiro atoms. The van der Waals surface area contributed by atoms with Gasteiger partial charge in [-0.25, -0.2) is 14.2 Å². The fourth-order valence-corrected chi connectivity index (χ4v) is 1.66. The maximum atomic E-state index is 12.1. The summed E-state index contributed by atoms with van der Waals surface area (Å²) in [5.41, 5.74) is -0.0893. The normalized spacial score (nSPS) is 12.7. The number of carboxylic acids is 1. The van der Waals surface area contributed by atoms with Crippen LogP contribution in [-0.4, -0.2) is 48.6 Å². The van der Waals surface area contributed by atoms with E-state index in [1.807, 2.05) is 0 Å². The van der Waals surface area contributed by atoms with Crippen molar-refractivity contribution in [3.05, 3.63) is 16.6 Å². The summed E-state index contributed by atoms with van der Waals surface area (Å²) in [7, 11) is 1.64. The monoisotopic (exact) mass is 267 g/mol. The zero-order valence-corrected chi connectivity index (χ0v) is 10.5. The van der Waals surface area contributed by atoms with Crippen LogP contribution in [0.15, 0.2) is 11.0 Å². The second kappa shape index (κ2) is 5.14. The largest absolute Gasteiger partial charge is 0.479 e. The molecule has 0 bridgehead atoms. The summed E-state index contributed by atoms with van der Waals surface area (Å²) in [5.74, 6) is -1.15. The molecule has 0 aliphatic carbocycles. The fourth-order valence-electron chi connectivity index (χ4n) is 1.66. The SMILES string of the molecule is CCOC(Cn1nnc2c(cnn2C)c1=O)C(=O)O. The molecule has 2 heterocycles. The molecule has 9 heteroatoms. The van der Waals surface area contributed by atoms with Gasteiger partial charge in [-0.3, -0.25) is 4.79 Å². The van der Waals surface area contributed by atoms with Crippen LogP contribution >= 0.6 is 0 Å². The van der Waals surface area contributed by atoms with Gasteiger partial charge >= 0.3 is 5.97 Å². The van der Waals surface area contributed by atoms with Crippen LogP contribution in [-0.2, 0) is 23.1 Å². The topological polar surface area (TPSA) is 112 Å². The summed E-state index contributed by atoms with van der Waals surface area (Å²) in [6.45, 7) is 1.71. The summed E-state index contributed by atoms with van der Waals surface area (Å²) < 4.78 is 7.42. The van der Waals surface area contributed by atoms with Crippen molar-refractivity contribution in [2.45, 2.75) is 19.6 Å². The number of carboxylic acid groups (broad SMARTS) is 1. The van der Waals surface area contributed by atoms with Gasteiger partial charge in [0, 0.05) is 13.7 Å². The molecule has 0 amide bonds. The Hall–Kier alpha value is -2.29. The summed E-state index contributed by atoms with van der Waals surface area (Å²) >= 11 is 0. The van der Waals surface area contributed by atoms with E-state index in [1.165, 1.54) is 10.9 Å². The van der Waals surface area contributed by atoms with Crippen molar-refractivity contribution in [1.29, 1.82) is 0 Å². The van der Waals surface area contributed by atoms with Crippen molar-refractivity contribution in [1.82, 2.24) is 24.8 Å². The standard InChI is InChI=1S/C10H13N5O4/c1-3-19-7(10(17)18)5-15-9(16)6-4-11-14(2)8(6)12-13-15/h4,7H,3,5H2,1-2H3,(H,17,18). The predicted octanol–water partition coefficient (Wildman–Crippen LogP) is -0.985. The van der Waals surface area contributed by atoms with E-state index in [-0.39, 0.29) is 18.5 Å². The van der Waals surface area contributed by atoms with Gasteiger partial charge in [0.05, 0.1) is 12.7 Å². The quantitative estimate of drug-likeness (QED) is 0.740. The van der Waals surface area contributed by atoms with Gasteiger partial charge in [0.1, 0.15) is 5.39 Å². The van der Waals surface area contributed by atoms with E-state index in [0.717, 1.165) is 4.68 Å². The average molecular weight is 267 g/mol. The fraction of sp³-hybridized carbons (Fsp3) is 0.500. The minimum absolute atomic E-state index is 0.195. The Balaban J connectivity index is 2.38. The van der Waals surface area contributed by atoms with Gasteiger partial charge in [0.2, 0.25) is 0 Å². The summed E-state index contributed by atoms with van der Waals surface area (Å²) in [5, 5.41) is 20.7. The minimum Gasteiger partial charge on any atom is -0.479 e. The Morgan fingerprint density at radius 1 is 1.58 bits per heavy atom. The number of carbonyl (C=O) groups is 1. The first-order valence-electron chi connectivity index (χ1n) is 5.64. The second-order valence-electron chi connectivity index (χ2n) is 3.86. The first-order chi connectivity index (χ1) is 9.04. The van der Waals surface area contributed by atoms with Crippen molar-refractivity contribution in [2.75, 3.05) is 6.61 Å². The highest BCUT2D eigenvalue weighted by molar-refractivity contribution is 5.73. The van der Waals surface area contributed by atoms with E-state index < -0.39 is 17.6 Å². The zero-order valence-electron chi connectivity index (χ0n) is 10.5. The van der Waals surface area contributed by atoms with Crippen molar-refractivity contribution in [3.8, 4) is 0 Å². The Bertz CT molecular complexity index is 661. The van der Waals surface area contributed by atoms with Crippen LogP contribution in [0.2, 0.25) is 0 Å². The lowest BCUT2D eigenvalue weighted by Crippen LogP contribution is -2.35. The number of hydrogen-bond acceptors (Lipinski definition) is 6. The number of aromatic nitrogens is 5. The van der Waals surface area contributed by atoms with E-state index in [1.54, 1.807) is 14.0 Å². The Labute approximate surface area is 107 Å². The molecule has 0 aliphatic heterocycles. The third-order valence-corrected chi connectivity index (χ3v) is 2.60. The molecule has 2 aromatic rings. The van der Waals surface area contributed by atoms with Crippen molar-refractivity contribution >= 4 is 17.0 Å². The van der Waals surface area contributed by atoms with Crippen LogP contribution in [0.5, 0.6) is 0 Å². The minimum atomic E-state index is -1.15. The number of nitrogens with zero attached hydrogens (tertiary/aromatic N) is 5. The van der Waals surface area contributed by atoms with E-state index in [0.29, 0.717) is 5.65 Å². The molecule has 2 rings (SSSR count). The van der Waals surface area contributed by atoms with E-state index in [2.05, 4.69) is 15.4 Å². The van der Waals surface area contributed by atoms with Gasteiger partial charge < -0.3 is 9.84 Å². The molecular weight excluding hydrogens is 254 g/mol. The van der Waals surface area contributed by atoms with Gasteiger partial charge in [-0.1, -0.05) is 5.21 Å². The molecule has 9 nitrogen and oxygen atoms in total. The number of aliphatic carboxylic acids is 1. The number of fused-ring (bicyclic) bond motifs is 1. The first-order valence-corrected chi connectivity index (χ1v) is 5.64. The summed E-state index contributed by atoms with van der Waals surface area (Å²) in [6, 6.07) is 0. The molecule has 1 N–H and O–H groups in total.